The third-order valence-corrected chi connectivity index (χ3v) is 6.09. The number of hydrogen-bond donors (Lipinski definition) is 2. The van der Waals surface area contributed by atoms with Crippen molar-refractivity contribution in [3.63, 3.8) is 0 Å². The number of rotatable bonds is 4. The zero-order valence-electron chi connectivity index (χ0n) is 18.7. The van der Waals surface area contributed by atoms with Gasteiger partial charge < -0.3 is 11.1 Å². The highest BCUT2D eigenvalue weighted by molar-refractivity contribution is 5.58. The van der Waals surface area contributed by atoms with Crippen molar-refractivity contribution in [2.24, 2.45) is 0 Å². The van der Waals surface area contributed by atoms with Gasteiger partial charge in [0.2, 0.25) is 5.95 Å². The van der Waals surface area contributed by atoms with Gasteiger partial charge in [-0.25, -0.2) is 19.0 Å². The molecule has 0 saturated heterocycles. The van der Waals surface area contributed by atoms with Gasteiger partial charge in [0, 0.05) is 25.1 Å². The molecule has 2 unspecified atom stereocenters. The molecule has 0 aliphatic carbocycles. The molecule has 0 fully saturated rings. The molecule has 4 aromatic rings. The van der Waals surface area contributed by atoms with Gasteiger partial charge in [-0.1, -0.05) is 36.4 Å². The molecule has 0 spiro atoms. The molecular weight excluding hydrogens is 419 g/mol. The molecule has 0 radical (unpaired) electrons. The second-order valence-corrected chi connectivity index (χ2v) is 8.23. The van der Waals surface area contributed by atoms with Crippen LogP contribution in [0.15, 0.2) is 54.9 Å². The van der Waals surface area contributed by atoms with E-state index in [1.54, 1.807) is 19.1 Å². The molecule has 2 atom stereocenters. The number of aromatic nitrogens is 5. The molecule has 0 saturated carbocycles. The van der Waals surface area contributed by atoms with Crippen LogP contribution >= 0.6 is 0 Å². The minimum atomic E-state index is -0.375. The average Bonchev–Trinajstić information content (AvgIpc) is 3.24. The molecule has 3 N–H and O–H groups in total. The number of nitrogens with two attached hydrogens (primary N) is 1. The predicted octanol–water partition coefficient (Wildman–Crippen LogP) is 3.30. The molecule has 2 aromatic carbocycles. The molecule has 9 heteroatoms. The molecular formula is C24H25FN8. The monoisotopic (exact) mass is 444 g/mol. The first-order chi connectivity index (χ1) is 16.0. The summed E-state index contributed by atoms with van der Waals surface area (Å²) in [6.45, 7) is 2.47. The Hall–Kier alpha value is -3.85. The molecule has 3 heterocycles. The number of benzene rings is 2. The van der Waals surface area contributed by atoms with Gasteiger partial charge in [0.1, 0.15) is 29.5 Å². The van der Waals surface area contributed by atoms with Gasteiger partial charge in [-0.05, 0) is 37.2 Å². The van der Waals surface area contributed by atoms with E-state index in [0.29, 0.717) is 23.9 Å². The van der Waals surface area contributed by atoms with Crippen molar-refractivity contribution in [2.45, 2.75) is 18.9 Å². The summed E-state index contributed by atoms with van der Waals surface area (Å²) < 4.78 is 16.7. The van der Waals surface area contributed by atoms with E-state index in [1.165, 1.54) is 11.0 Å². The predicted molar refractivity (Wildman–Crippen MR) is 125 cm³/mol. The van der Waals surface area contributed by atoms with E-state index >= 15 is 4.39 Å². The highest BCUT2D eigenvalue weighted by Gasteiger charge is 2.37. The number of nitrogens with one attached hydrogen (secondary N) is 1. The highest BCUT2D eigenvalue weighted by Crippen LogP contribution is 2.44. The molecule has 1 aliphatic heterocycles. The van der Waals surface area contributed by atoms with Gasteiger partial charge in [-0.2, -0.15) is 10.1 Å². The van der Waals surface area contributed by atoms with E-state index in [0.717, 1.165) is 22.4 Å². The molecule has 5 rings (SSSR count). The van der Waals surface area contributed by atoms with Crippen LogP contribution in [0.2, 0.25) is 0 Å². The van der Waals surface area contributed by atoms with Gasteiger partial charge in [-0.15, -0.1) is 0 Å². The number of anilines is 2. The van der Waals surface area contributed by atoms with Crippen LogP contribution in [-0.2, 0) is 0 Å². The Morgan fingerprint density at radius 1 is 1.09 bits per heavy atom. The first kappa shape index (κ1) is 21.0. The van der Waals surface area contributed by atoms with E-state index < -0.39 is 0 Å². The lowest BCUT2D eigenvalue weighted by atomic mass is 9.83. The molecule has 1 aliphatic rings. The molecule has 8 nitrogen and oxygen atoms in total. The van der Waals surface area contributed by atoms with Gasteiger partial charge in [0.25, 0.3) is 0 Å². The van der Waals surface area contributed by atoms with E-state index in [2.05, 4.69) is 42.4 Å². The van der Waals surface area contributed by atoms with Gasteiger partial charge in [0.15, 0.2) is 0 Å². The Labute approximate surface area is 191 Å². The summed E-state index contributed by atoms with van der Waals surface area (Å²) in [5, 5.41) is 7.40. The third-order valence-electron chi connectivity index (χ3n) is 6.09. The maximum Gasteiger partial charge on any atom is 0.222 e. The first-order valence-electron chi connectivity index (χ1n) is 10.7. The maximum atomic E-state index is 15.2. The smallest absolute Gasteiger partial charge is 0.222 e. The molecule has 0 amide bonds. The van der Waals surface area contributed by atoms with Crippen LogP contribution in [0.3, 0.4) is 0 Å². The lowest BCUT2D eigenvalue weighted by Crippen LogP contribution is -2.37. The van der Waals surface area contributed by atoms with Gasteiger partial charge >= 0.3 is 0 Å². The van der Waals surface area contributed by atoms with Crippen LogP contribution in [0, 0.1) is 12.7 Å². The SMILES string of the molecule is CNc1nc(N)nc2c1C(c1ccc(-n3cnc(C)n3)c(F)c1)N(C)CC2c1ccccc1. The average molecular weight is 445 g/mol. The molecule has 168 valence electrons. The van der Waals surface area contributed by atoms with E-state index in [1.807, 2.05) is 38.4 Å². The fourth-order valence-corrected chi connectivity index (χ4v) is 4.64. The summed E-state index contributed by atoms with van der Waals surface area (Å²) in [5.74, 6) is 1.08. The number of nitrogens with zero attached hydrogens (tertiary/aromatic N) is 6. The third kappa shape index (κ3) is 3.70. The van der Waals surface area contributed by atoms with Crippen LogP contribution in [-0.4, -0.2) is 50.3 Å². The number of likely N-dealkylation sites (N-methyl/N-ethyl adjacent to an activating group) is 1. The van der Waals surface area contributed by atoms with Gasteiger partial charge in [0.05, 0.1) is 11.7 Å². The van der Waals surface area contributed by atoms with E-state index in [9.17, 15) is 0 Å². The van der Waals surface area contributed by atoms with Crippen LogP contribution in [0.4, 0.5) is 16.2 Å². The number of nitrogen functional groups attached to an aromatic ring is 1. The number of fused-ring (bicyclic) bond motifs is 1. The van der Waals surface area contributed by atoms with Crippen molar-refractivity contribution in [3.05, 3.63) is 88.9 Å². The Morgan fingerprint density at radius 2 is 1.88 bits per heavy atom. The Balaban J connectivity index is 1.65. The van der Waals surface area contributed by atoms with E-state index in [-0.39, 0.29) is 23.7 Å². The van der Waals surface area contributed by atoms with Crippen molar-refractivity contribution in [1.29, 1.82) is 0 Å². The van der Waals surface area contributed by atoms with Crippen molar-refractivity contribution in [1.82, 2.24) is 29.6 Å². The Morgan fingerprint density at radius 3 is 2.55 bits per heavy atom. The van der Waals surface area contributed by atoms with E-state index in [4.69, 9.17) is 5.73 Å². The minimum absolute atomic E-state index is 0.0158. The zero-order chi connectivity index (χ0) is 23.1. The maximum absolute atomic E-state index is 15.2. The number of halogens is 1. The summed E-state index contributed by atoms with van der Waals surface area (Å²) in [7, 11) is 3.84. The van der Waals surface area contributed by atoms with Crippen molar-refractivity contribution in [3.8, 4) is 5.69 Å². The Kier molecular flexibility index (Phi) is 5.26. The van der Waals surface area contributed by atoms with Crippen LogP contribution < -0.4 is 11.1 Å². The standard InChI is InChI=1S/C24H25FN8/c1-14-28-13-33(31-14)19-10-9-16(11-18(19)25)22-20-21(29-24(26)30-23(20)27-2)17(12-32(22)3)15-7-5-4-6-8-15/h4-11,13,17,22H,12H2,1-3H3,(H3,26,27,29,30). The lowest BCUT2D eigenvalue weighted by molar-refractivity contribution is 0.247. The van der Waals surface area contributed by atoms with Crippen molar-refractivity contribution in [2.75, 3.05) is 31.7 Å². The normalized spacial score (nSPS) is 18.2. The summed E-state index contributed by atoms with van der Waals surface area (Å²) >= 11 is 0. The first-order valence-corrected chi connectivity index (χ1v) is 10.7. The topological polar surface area (TPSA) is 97.8 Å². The van der Waals surface area contributed by atoms with Crippen LogP contribution in [0.25, 0.3) is 5.69 Å². The summed E-state index contributed by atoms with van der Waals surface area (Å²) in [5.41, 5.74) is 10.1. The fraction of sp³-hybridized carbons (Fsp3) is 0.250. The summed E-state index contributed by atoms with van der Waals surface area (Å²) in [6, 6.07) is 15.2. The fourth-order valence-electron chi connectivity index (χ4n) is 4.64. The second kappa shape index (κ2) is 8.25. The highest BCUT2D eigenvalue weighted by atomic mass is 19.1. The van der Waals surface area contributed by atoms with Crippen molar-refractivity contribution >= 4 is 11.8 Å². The minimum Gasteiger partial charge on any atom is -0.373 e. The second-order valence-electron chi connectivity index (χ2n) is 8.23. The summed E-state index contributed by atoms with van der Waals surface area (Å²) in [4.78, 5) is 15.4. The summed E-state index contributed by atoms with van der Waals surface area (Å²) in [6.07, 6.45) is 1.51. The Bertz CT molecular complexity index is 1300. The number of aryl methyl sites for hydroxylation is 1. The van der Waals surface area contributed by atoms with Crippen LogP contribution in [0.5, 0.6) is 0 Å². The largest absolute Gasteiger partial charge is 0.373 e. The number of hydrogen-bond acceptors (Lipinski definition) is 7. The molecule has 33 heavy (non-hydrogen) atoms. The van der Waals surface area contributed by atoms with Crippen molar-refractivity contribution < 1.29 is 4.39 Å². The van der Waals surface area contributed by atoms with Crippen LogP contribution in [0.1, 0.15) is 40.2 Å². The lowest BCUT2D eigenvalue weighted by Gasteiger charge is -2.39. The van der Waals surface area contributed by atoms with Gasteiger partial charge in [-0.3, -0.25) is 4.90 Å². The quantitative estimate of drug-likeness (QED) is 0.498. The molecule has 0 bridgehead atoms. The molecule has 2 aromatic heterocycles. The zero-order valence-corrected chi connectivity index (χ0v) is 18.7.